The number of hydrogen-bond donors (Lipinski definition) is 1. The second kappa shape index (κ2) is 8.64. The van der Waals surface area contributed by atoms with Gasteiger partial charge in [0.25, 0.3) is 0 Å². The predicted octanol–water partition coefficient (Wildman–Crippen LogP) is 6.00. The zero-order valence-electron chi connectivity index (χ0n) is 19.7. The van der Waals surface area contributed by atoms with Crippen LogP contribution in [0.25, 0.3) is 56.1 Å². The molecule has 0 radical (unpaired) electrons. The lowest BCUT2D eigenvalue weighted by atomic mass is 9.95. The molecular weight excluding hydrogens is 448 g/mol. The number of fused-ring (bicyclic) bond motifs is 2. The molecule has 8 nitrogen and oxygen atoms in total. The molecule has 0 spiro atoms. The molecule has 0 saturated heterocycles. The Labute approximate surface area is 207 Å². The van der Waals surface area contributed by atoms with Crippen LogP contribution in [-0.2, 0) is 0 Å². The number of tetrazole rings is 1. The van der Waals surface area contributed by atoms with E-state index in [9.17, 15) is 0 Å². The third-order valence-corrected chi connectivity index (χ3v) is 7.12. The van der Waals surface area contributed by atoms with Crippen molar-refractivity contribution in [3.05, 3.63) is 72.9 Å². The molecule has 1 saturated carbocycles. The van der Waals surface area contributed by atoms with Gasteiger partial charge in [0.05, 0.1) is 16.7 Å². The van der Waals surface area contributed by atoms with Crippen LogP contribution >= 0.6 is 0 Å². The molecule has 1 N–H and O–H groups in total. The second-order valence-electron chi connectivity index (χ2n) is 9.38. The van der Waals surface area contributed by atoms with Gasteiger partial charge in [-0.05, 0) is 59.7 Å². The van der Waals surface area contributed by atoms with E-state index in [-0.39, 0.29) is 0 Å². The topological polar surface area (TPSA) is 98.1 Å². The maximum absolute atomic E-state index is 5.12. The summed E-state index contributed by atoms with van der Waals surface area (Å²) >= 11 is 0. The number of aromatic nitrogens is 8. The molecule has 0 atom stereocenters. The number of nitrogens with one attached hydrogen (secondary N) is 1. The number of nitrogens with zero attached hydrogens (tertiary/aromatic N) is 7. The van der Waals surface area contributed by atoms with Crippen LogP contribution in [0.3, 0.4) is 0 Å². The highest BCUT2D eigenvalue weighted by Gasteiger charge is 2.23. The first kappa shape index (κ1) is 20.9. The van der Waals surface area contributed by atoms with Crippen LogP contribution in [0.5, 0.6) is 0 Å². The van der Waals surface area contributed by atoms with Gasteiger partial charge in [-0.2, -0.15) is 0 Å². The van der Waals surface area contributed by atoms with Crippen molar-refractivity contribution in [2.75, 3.05) is 0 Å². The molecule has 8 heteroatoms. The van der Waals surface area contributed by atoms with E-state index in [1.807, 2.05) is 24.4 Å². The lowest BCUT2D eigenvalue weighted by Gasteiger charge is -2.25. The number of aromatic amines is 1. The fourth-order valence-electron chi connectivity index (χ4n) is 5.34. The van der Waals surface area contributed by atoms with Gasteiger partial charge in [0.2, 0.25) is 0 Å². The summed E-state index contributed by atoms with van der Waals surface area (Å²) in [5, 5.41) is 15.3. The van der Waals surface area contributed by atoms with Crippen molar-refractivity contribution in [1.29, 1.82) is 0 Å². The number of rotatable bonds is 4. The highest BCUT2D eigenvalue weighted by atomic mass is 15.5. The molecule has 1 aliphatic rings. The van der Waals surface area contributed by atoms with Crippen LogP contribution in [0.4, 0.5) is 0 Å². The van der Waals surface area contributed by atoms with Gasteiger partial charge >= 0.3 is 0 Å². The molecule has 4 heterocycles. The molecule has 0 aliphatic heterocycles. The Morgan fingerprint density at radius 3 is 2.53 bits per heavy atom. The Morgan fingerprint density at radius 2 is 1.69 bits per heavy atom. The third-order valence-electron chi connectivity index (χ3n) is 7.12. The molecule has 6 aromatic rings. The number of imidazole rings is 1. The van der Waals surface area contributed by atoms with Crippen LogP contribution < -0.4 is 0 Å². The number of H-pyrrole nitrogens is 1. The minimum atomic E-state index is 0.422. The molecule has 0 amide bonds. The zero-order chi connectivity index (χ0) is 23.9. The van der Waals surface area contributed by atoms with Gasteiger partial charge in [0.1, 0.15) is 5.82 Å². The monoisotopic (exact) mass is 472 g/mol. The normalized spacial score (nSPS) is 14.6. The van der Waals surface area contributed by atoms with E-state index in [1.54, 1.807) is 0 Å². The lowest BCUT2D eigenvalue weighted by Crippen LogP contribution is -2.14. The first-order valence-corrected chi connectivity index (χ1v) is 12.4. The standard InChI is InChI=1S/C28H24N8/c1-3-7-18(8-4-1)23-13-11-19-15-21(17-29-26(19)30-23)28-31-24-16-20(27-32-34-35-33-27)12-14-25(24)36(28)22-9-5-2-6-10-22/h1,3-4,7-8,11-17,22H,2,5-6,9-10H2,(H,32,33,34,35). The summed E-state index contributed by atoms with van der Waals surface area (Å²) in [7, 11) is 0. The molecular formula is C28H24N8. The van der Waals surface area contributed by atoms with E-state index in [1.165, 1.54) is 19.3 Å². The summed E-state index contributed by atoms with van der Waals surface area (Å²) in [4.78, 5) is 14.7. The van der Waals surface area contributed by atoms with Gasteiger partial charge in [-0.1, -0.05) is 49.6 Å². The minimum Gasteiger partial charge on any atom is -0.321 e. The molecule has 1 aliphatic carbocycles. The molecule has 1 fully saturated rings. The summed E-state index contributed by atoms with van der Waals surface area (Å²) in [5.41, 5.74) is 6.73. The van der Waals surface area contributed by atoms with Crippen LogP contribution in [0.15, 0.2) is 72.9 Å². The maximum Gasteiger partial charge on any atom is 0.179 e. The van der Waals surface area contributed by atoms with E-state index in [0.29, 0.717) is 11.9 Å². The fourth-order valence-corrected chi connectivity index (χ4v) is 5.34. The molecule has 0 unspecified atom stereocenters. The lowest BCUT2D eigenvalue weighted by molar-refractivity contribution is 0.362. The number of pyridine rings is 2. The predicted molar refractivity (Wildman–Crippen MR) is 139 cm³/mol. The van der Waals surface area contributed by atoms with Crippen molar-refractivity contribution in [3.8, 4) is 34.0 Å². The Bertz CT molecular complexity index is 1670. The molecule has 2 aromatic carbocycles. The summed E-state index contributed by atoms with van der Waals surface area (Å²) in [6.45, 7) is 0. The van der Waals surface area contributed by atoms with Crippen molar-refractivity contribution < 1.29 is 0 Å². The number of hydrogen-bond acceptors (Lipinski definition) is 6. The van der Waals surface area contributed by atoms with E-state index in [0.717, 1.165) is 63.1 Å². The van der Waals surface area contributed by atoms with Gasteiger partial charge in [0, 0.05) is 34.3 Å². The highest BCUT2D eigenvalue weighted by molar-refractivity contribution is 5.87. The Hall–Kier alpha value is -4.46. The van der Waals surface area contributed by atoms with Crippen molar-refractivity contribution in [1.82, 2.24) is 40.1 Å². The molecule has 176 valence electrons. The first-order valence-electron chi connectivity index (χ1n) is 12.4. The smallest absolute Gasteiger partial charge is 0.179 e. The van der Waals surface area contributed by atoms with E-state index < -0.39 is 0 Å². The van der Waals surface area contributed by atoms with Gasteiger partial charge in [-0.25, -0.2) is 20.1 Å². The Balaban J connectivity index is 1.36. The van der Waals surface area contributed by atoms with Crippen LogP contribution in [0.1, 0.15) is 38.1 Å². The molecule has 0 bridgehead atoms. The summed E-state index contributed by atoms with van der Waals surface area (Å²) in [6, 6.07) is 23.2. The van der Waals surface area contributed by atoms with Crippen molar-refractivity contribution >= 4 is 22.1 Å². The van der Waals surface area contributed by atoms with E-state index >= 15 is 0 Å². The quantitative estimate of drug-likeness (QED) is 0.338. The molecule has 7 rings (SSSR count). The van der Waals surface area contributed by atoms with Gasteiger partial charge in [-0.3, -0.25) is 0 Å². The zero-order valence-corrected chi connectivity index (χ0v) is 19.7. The van der Waals surface area contributed by atoms with Gasteiger partial charge in [0.15, 0.2) is 11.5 Å². The Kier molecular flexibility index (Phi) is 5.01. The van der Waals surface area contributed by atoms with Crippen molar-refractivity contribution in [2.45, 2.75) is 38.1 Å². The average Bonchev–Trinajstić information content (AvgIpc) is 3.62. The first-order chi connectivity index (χ1) is 17.8. The van der Waals surface area contributed by atoms with Crippen LogP contribution in [-0.4, -0.2) is 40.1 Å². The Morgan fingerprint density at radius 1 is 0.806 bits per heavy atom. The highest BCUT2D eigenvalue weighted by Crippen LogP contribution is 2.37. The van der Waals surface area contributed by atoms with Crippen molar-refractivity contribution in [3.63, 3.8) is 0 Å². The largest absolute Gasteiger partial charge is 0.321 e. The summed E-state index contributed by atoms with van der Waals surface area (Å²) in [5.74, 6) is 1.59. The maximum atomic E-state index is 5.12. The summed E-state index contributed by atoms with van der Waals surface area (Å²) in [6.07, 6.45) is 8.02. The SMILES string of the molecule is c1ccc(-c2ccc3cc(-c4nc5cc(-c6nnn[nH]6)ccc5n4C4CCCCC4)cnc3n2)cc1. The average molecular weight is 473 g/mol. The number of benzene rings is 2. The minimum absolute atomic E-state index is 0.422. The molecule has 4 aromatic heterocycles. The van der Waals surface area contributed by atoms with Gasteiger partial charge in [-0.15, -0.1) is 5.10 Å². The van der Waals surface area contributed by atoms with E-state index in [4.69, 9.17) is 15.0 Å². The van der Waals surface area contributed by atoms with Crippen LogP contribution in [0.2, 0.25) is 0 Å². The summed E-state index contributed by atoms with van der Waals surface area (Å²) < 4.78 is 2.42. The van der Waals surface area contributed by atoms with Gasteiger partial charge < -0.3 is 4.57 Å². The third kappa shape index (κ3) is 3.62. The van der Waals surface area contributed by atoms with E-state index in [2.05, 4.69) is 73.7 Å². The molecule has 36 heavy (non-hydrogen) atoms. The van der Waals surface area contributed by atoms with Crippen molar-refractivity contribution in [2.24, 2.45) is 0 Å². The fraction of sp³-hybridized carbons (Fsp3) is 0.214. The van der Waals surface area contributed by atoms with Crippen LogP contribution in [0, 0.1) is 0 Å². The second-order valence-corrected chi connectivity index (χ2v) is 9.38.